The molecular weight excluding hydrogens is 378 g/mol. The standard InChI is InChI=1S/C13H11Br2NOS/c14-8-11(9-4-2-1-3-5-9)16-13(17)12-10(15)6-7-18-12/h1-7,11H,8H2,(H,16,17). The van der Waals surface area contributed by atoms with E-state index in [4.69, 9.17) is 0 Å². The normalized spacial score (nSPS) is 12.1. The molecule has 0 bridgehead atoms. The van der Waals surface area contributed by atoms with E-state index in [1.54, 1.807) is 0 Å². The molecule has 0 aliphatic carbocycles. The van der Waals surface area contributed by atoms with Gasteiger partial charge in [0, 0.05) is 9.80 Å². The lowest BCUT2D eigenvalue weighted by Gasteiger charge is -2.16. The van der Waals surface area contributed by atoms with E-state index in [1.807, 2.05) is 41.8 Å². The van der Waals surface area contributed by atoms with Gasteiger partial charge < -0.3 is 5.32 Å². The number of amides is 1. The summed E-state index contributed by atoms with van der Waals surface area (Å²) in [5.74, 6) is -0.0508. The molecule has 1 aromatic heterocycles. The Hall–Kier alpha value is -0.650. The molecule has 1 unspecified atom stereocenters. The van der Waals surface area contributed by atoms with E-state index in [2.05, 4.69) is 37.2 Å². The molecule has 94 valence electrons. The minimum Gasteiger partial charge on any atom is -0.344 e. The van der Waals surface area contributed by atoms with Crippen molar-refractivity contribution in [1.82, 2.24) is 5.32 Å². The maximum atomic E-state index is 12.1. The van der Waals surface area contributed by atoms with Gasteiger partial charge in [-0.2, -0.15) is 0 Å². The molecule has 1 amide bonds. The number of nitrogens with one attached hydrogen (secondary N) is 1. The lowest BCUT2D eigenvalue weighted by molar-refractivity contribution is 0.0944. The van der Waals surface area contributed by atoms with Gasteiger partial charge in [0.2, 0.25) is 0 Å². The fourth-order valence-electron chi connectivity index (χ4n) is 1.58. The molecule has 0 saturated carbocycles. The molecule has 1 atom stereocenters. The topological polar surface area (TPSA) is 29.1 Å². The summed E-state index contributed by atoms with van der Waals surface area (Å²) >= 11 is 8.24. The first-order valence-electron chi connectivity index (χ1n) is 5.37. The van der Waals surface area contributed by atoms with Crippen LogP contribution in [0.4, 0.5) is 0 Å². The predicted octanol–water partition coefficient (Wildman–Crippen LogP) is 4.38. The first-order valence-corrected chi connectivity index (χ1v) is 8.16. The van der Waals surface area contributed by atoms with Crippen LogP contribution in [0, 0.1) is 0 Å². The Labute approximate surface area is 127 Å². The Morgan fingerprint density at radius 1 is 1.28 bits per heavy atom. The average molecular weight is 389 g/mol. The summed E-state index contributed by atoms with van der Waals surface area (Å²) in [5.41, 5.74) is 1.09. The summed E-state index contributed by atoms with van der Waals surface area (Å²) < 4.78 is 0.839. The number of alkyl halides is 1. The van der Waals surface area contributed by atoms with Crippen LogP contribution in [0.25, 0.3) is 0 Å². The Morgan fingerprint density at radius 3 is 2.56 bits per heavy atom. The second-order valence-corrected chi connectivity index (χ2v) is 6.11. The van der Waals surface area contributed by atoms with Gasteiger partial charge in [-0.3, -0.25) is 4.79 Å². The minimum atomic E-state index is -0.0508. The number of benzene rings is 1. The van der Waals surface area contributed by atoms with Gasteiger partial charge >= 0.3 is 0 Å². The number of hydrogen-bond acceptors (Lipinski definition) is 2. The van der Waals surface area contributed by atoms with E-state index in [9.17, 15) is 4.79 Å². The highest BCUT2D eigenvalue weighted by Gasteiger charge is 2.17. The molecule has 0 aliphatic rings. The van der Waals surface area contributed by atoms with E-state index >= 15 is 0 Å². The van der Waals surface area contributed by atoms with Crippen LogP contribution in [0.2, 0.25) is 0 Å². The van der Waals surface area contributed by atoms with Crippen molar-refractivity contribution in [3.8, 4) is 0 Å². The Bertz CT molecular complexity index is 527. The molecule has 1 aromatic carbocycles. The first kappa shape index (κ1) is 13.8. The van der Waals surface area contributed by atoms with Crippen molar-refractivity contribution in [3.05, 3.63) is 56.7 Å². The Morgan fingerprint density at radius 2 is 2.00 bits per heavy atom. The molecule has 0 radical (unpaired) electrons. The van der Waals surface area contributed by atoms with Crippen LogP contribution in [-0.2, 0) is 0 Å². The van der Waals surface area contributed by atoms with Gasteiger partial charge in [-0.1, -0.05) is 46.3 Å². The molecule has 5 heteroatoms. The zero-order valence-corrected chi connectivity index (χ0v) is 13.4. The van der Waals surface area contributed by atoms with Crippen LogP contribution >= 0.6 is 43.2 Å². The van der Waals surface area contributed by atoms with Crippen molar-refractivity contribution >= 4 is 49.1 Å². The van der Waals surface area contributed by atoms with Crippen LogP contribution < -0.4 is 5.32 Å². The quantitative estimate of drug-likeness (QED) is 0.773. The maximum Gasteiger partial charge on any atom is 0.263 e. The molecule has 0 spiro atoms. The molecule has 0 saturated heterocycles. The summed E-state index contributed by atoms with van der Waals surface area (Å²) in [6.45, 7) is 0. The van der Waals surface area contributed by atoms with E-state index in [1.165, 1.54) is 11.3 Å². The van der Waals surface area contributed by atoms with Crippen LogP contribution in [0.1, 0.15) is 21.3 Å². The summed E-state index contributed by atoms with van der Waals surface area (Å²) in [7, 11) is 0. The first-order chi connectivity index (χ1) is 8.72. The zero-order chi connectivity index (χ0) is 13.0. The van der Waals surface area contributed by atoms with Crippen LogP contribution in [0.5, 0.6) is 0 Å². The van der Waals surface area contributed by atoms with Crippen molar-refractivity contribution in [1.29, 1.82) is 0 Å². The van der Waals surface area contributed by atoms with Gasteiger partial charge in [0.15, 0.2) is 0 Å². The SMILES string of the molecule is O=C(NC(CBr)c1ccccc1)c1sccc1Br. The molecule has 1 N–H and O–H groups in total. The van der Waals surface area contributed by atoms with Crippen molar-refractivity contribution < 1.29 is 4.79 Å². The number of carbonyl (C=O) groups is 1. The van der Waals surface area contributed by atoms with E-state index < -0.39 is 0 Å². The van der Waals surface area contributed by atoms with Gasteiger partial charge in [-0.05, 0) is 32.9 Å². The third-order valence-corrected chi connectivity index (χ3v) is 4.97. The number of halogens is 2. The Kier molecular flexibility index (Phi) is 4.97. The lowest BCUT2D eigenvalue weighted by atomic mass is 10.1. The molecule has 0 fully saturated rings. The molecule has 2 nitrogen and oxygen atoms in total. The molecular formula is C13H11Br2NOS. The second-order valence-electron chi connectivity index (χ2n) is 3.69. The fraction of sp³-hybridized carbons (Fsp3) is 0.154. The van der Waals surface area contributed by atoms with Crippen LogP contribution in [-0.4, -0.2) is 11.2 Å². The number of rotatable bonds is 4. The number of hydrogen-bond donors (Lipinski definition) is 1. The molecule has 2 aromatic rings. The van der Waals surface area contributed by atoms with E-state index in [0.717, 1.165) is 10.0 Å². The van der Waals surface area contributed by atoms with Crippen molar-refractivity contribution in [2.45, 2.75) is 6.04 Å². The highest BCUT2D eigenvalue weighted by molar-refractivity contribution is 9.10. The van der Waals surface area contributed by atoms with Crippen LogP contribution in [0.3, 0.4) is 0 Å². The highest BCUT2D eigenvalue weighted by atomic mass is 79.9. The average Bonchev–Trinajstić information content (AvgIpc) is 2.83. The third-order valence-electron chi connectivity index (χ3n) is 2.48. The second kappa shape index (κ2) is 6.50. The highest BCUT2D eigenvalue weighted by Crippen LogP contribution is 2.24. The van der Waals surface area contributed by atoms with Gasteiger partial charge in [-0.25, -0.2) is 0 Å². The summed E-state index contributed by atoms with van der Waals surface area (Å²) in [5, 5.41) is 5.60. The fourth-order valence-corrected chi connectivity index (χ4v) is 3.57. The molecule has 0 aliphatic heterocycles. The van der Waals surface area contributed by atoms with E-state index in [0.29, 0.717) is 10.2 Å². The van der Waals surface area contributed by atoms with Gasteiger partial charge in [-0.15, -0.1) is 11.3 Å². The largest absolute Gasteiger partial charge is 0.344 e. The number of thiophene rings is 1. The predicted molar refractivity (Wildman–Crippen MR) is 82.5 cm³/mol. The van der Waals surface area contributed by atoms with Crippen molar-refractivity contribution in [2.24, 2.45) is 0 Å². The Balaban J connectivity index is 2.13. The minimum absolute atomic E-state index is 0.0206. The maximum absolute atomic E-state index is 12.1. The molecule has 2 rings (SSSR count). The monoisotopic (exact) mass is 387 g/mol. The van der Waals surface area contributed by atoms with Gasteiger partial charge in [0.1, 0.15) is 4.88 Å². The molecule has 1 heterocycles. The van der Waals surface area contributed by atoms with Crippen molar-refractivity contribution in [2.75, 3.05) is 5.33 Å². The van der Waals surface area contributed by atoms with Gasteiger partial charge in [0.05, 0.1) is 6.04 Å². The van der Waals surface area contributed by atoms with Crippen molar-refractivity contribution in [3.63, 3.8) is 0 Å². The summed E-state index contributed by atoms with van der Waals surface area (Å²) in [4.78, 5) is 12.8. The van der Waals surface area contributed by atoms with Gasteiger partial charge in [0.25, 0.3) is 5.91 Å². The van der Waals surface area contributed by atoms with E-state index in [-0.39, 0.29) is 11.9 Å². The van der Waals surface area contributed by atoms with Crippen LogP contribution in [0.15, 0.2) is 46.3 Å². The number of carbonyl (C=O) groups excluding carboxylic acids is 1. The molecule has 18 heavy (non-hydrogen) atoms. The lowest BCUT2D eigenvalue weighted by Crippen LogP contribution is -2.29. The third kappa shape index (κ3) is 3.22. The zero-order valence-electron chi connectivity index (χ0n) is 9.40. The summed E-state index contributed by atoms with van der Waals surface area (Å²) in [6, 6.07) is 11.8. The smallest absolute Gasteiger partial charge is 0.263 e. The summed E-state index contributed by atoms with van der Waals surface area (Å²) in [6.07, 6.45) is 0.